The van der Waals surface area contributed by atoms with Crippen molar-refractivity contribution in [3.8, 4) is 22.5 Å². The first-order valence-electron chi connectivity index (χ1n) is 15.2. The molecule has 4 aromatic carbocycles. The number of aryl methyl sites for hydroxylation is 1. The fourth-order valence-electron chi connectivity index (χ4n) is 6.05. The predicted molar refractivity (Wildman–Crippen MR) is 184 cm³/mol. The Balaban J connectivity index is 1.62. The molecule has 2 N–H and O–H groups in total. The lowest BCUT2D eigenvalue weighted by molar-refractivity contribution is 0.0964. The number of nitrogens with one attached hydrogen (secondary N) is 1. The highest BCUT2D eigenvalue weighted by Gasteiger charge is 2.27. The summed E-state index contributed by atoms with van der Waals surface area (Å²) < 4.78 is 61.9. The number of sulfonamides is 1. The van der Waals surface area contributed by atoms with Gasteiger partial charge in [-0.1, -0.05) is 18.2 Å². The largest absolute Gasteiger partial charge is 0.455 e. The molecule has 0 saturated carbocycles. The van der Waals surface area contributed by atoms with Crippen LogP contribution in [0.5, 0.6) is 0 Å². The Hall–Kier alpha value is -5.40. The van der Waals surface area contributed by atoms with E-state index in [1.165, 1.54) is 61.1 Å². The van der Waals surface area contributed by atoms with Crippen LogP contribution in [0, 0.1) is 18.6 Å². The number of carbonyl (C=O) groups excluding carboxylic acids is 1. The number of anilines is 1. The first-order chi connectivity index (χ1) is 23.3. The van der Waals surface area contributed by atoms with Crippen molar-refractivity contribution < 1.29 is 31.5 Å². The third-order valence-electron chi connectivity index (χ3n) is 8.56. The number of rotatable bonds is 9. The van der Waals surface area contributed by atoms with Gasteiger partial charge in [-0.15, -0.1) is 0 Å². The van der Waals surface area contributed by atoms with Crippen LogP contribution in [-0.4, -0.2) is 55.9 Å². The van der Waals surface area contributed by atoms with Gasteiger partial charge in [0.25, 0.3) is 11.5 Å². The standard InChI is InChI=1S/C36H32F2N4O6S/c1-20-40-29-14-9-23(17-27(29)36(45)42(20)30(15-16-43)21-5-10-24(37)11-6-21)26-18-28-32(19-31(26)41(3)49(4,46)47)48-34(33(28)35(44)39-2)22-7-12-25(38)13-8-22/h5-14,17-19,30,43H,15-16H2,1-4H3,(H,39,44). The van der Waals surface area contributed by atoms with Crippen molar-refractivity contribution >= 4 is 43.5 Å². The van der Waals surface area contributed by atoms with Crippen molar-refractivity contribution in [2.24, 2.45) is 0 Å². The fourth-order valence-corrected chi connectivity index (χ4v) is 6.56. The van der Waals surface area contributed by atoms with E-state index in [4.69, 9.17) is 4.42 Å². The van der Waals surface area contributed by atoms with Gasteiger partial charge in [0, 0.05) is 43.3 Å². The summed E-state index contributed by atoms with van der Waals surface area (Å²) in [5, 5.41) is 13.1. The molecule has 0 radical (unpaired) electrons. The Bertz CT molecular complexity index is 2410. The molecule has 0 aliphatic rings. The van der Waals surface area contributed by atoms with E-state index in [-0.39, 0.29) is 41.0 Å². The zero-order valence-corrected chi connectivity index (χ0v) is 27.8. The second kappa shape index (κ2) is 12.9. The van der Waals surface area contributed by atoms with Gasteiger partial charge < -0.3 is 14.8 Å². The van der Waals surface area contributed by atoms with E-state index in [1.54, 1.807) is 43.3 Å². The molecule has 13 heteroatoms. The number of aromatic nitrogens is 2. The van der Waals surface area contributed by atoms with Gasteiger partial charge in [-0.25, -0.2) is 22.2 Å². The van der Waals surface area contributed by atoms with E-state index in [0.29, 0.717) is 39.0 Å². The van der Waals surface area contributed by atoms with Gasteiger partial charge in [-0.2, -0.15) is 0 Å². The Labute approximate surface area is 280 Å². The van der Waals surface area contributed by atoms with E-state index < -0.39 is 39.2 Å². The van der Waals surface area contributed by atoms with Crippen LogP contribution in [0.3, 0.4) is 0 Å². The van der Waals surface area contributed by atoms with E-state index in [1.807, 2.05) is 0 Å². The second-order valence-electron chi connectivity index (χ2n) is 11.6. The normalized spacial score (nSPS) is 12.4. The number of aliphatic hydroxyl groups is 1. The Morgan fingerprint density at radius 3 is 2.22 bits per heavy atom. The van der Waals surface area contributed by atoms with Crippen molar-refractivity contribution in [2.45, 2.75) is 19.4 Å². The topological polar surface area (TPSA) is 135 Å². The third kappa shape index (κ3) is 6.18. The van der Waals surface area contributed by atoms with Crippen molar-refractivity contribution in [3.63, 3.8) is 0 Å². The van der Waals surface area contributed by atoms with E-state index in [0.717, 1.165) is 10.6 Å². The molecule has 0 saturated heterocycles. The van der Waals surface area contributed by atoms with Crippen LogP contribution >= 0.6 is 0 Å². The first-order valence-corrected chi connectivity index (χ1v) is 17.1. The van der Waals surface area contributed by atoms with Crippen molar-refractivity contribution in [2.75, 3.05) is 31.3 Å². The number of nitrogens with zero attached hydrogens (tertiary/aromatic N) is 3. The minimum absolute atomic E-state index is 0.158. The minimum Gasteiger partial charge on any atom is -0.455 e. The highest BCUT2D eigenvalue weighted by Crippen LogP contribution is 2.41. The number of aliphatic hydroxyl groups excluding tert-OH is 1. The fraction of sp³-hybridized carbons (Fsp3) is 0.194. The Kier molecular flexibility index (Phi) is 8.82. The first kappa shape index (κ1) is 33.5. The molecular weight excluding hydrogens is 654 g/mol. The SMILES string of the molecule is CNC(=O)c1c(-c2ccc(F)cc2)oc2cc(N(C)S(C)(=O)=O)c(-c3ccc4nc(C)n(C(CCO)c5ccc(F)cc5)c(=O)c4c3)cc12. The van der Waals surface area contributed by atoms with Gasteiger partial charge in [0.05, 0.1) is 34.5 Å². The summed E-state index contributed by atoms with van der Waals surface area (Å²) >= 11 is 0. The molecule has 1 atom stereocenters. The molecular formula is C36H32F2N4O6S. The van der Waals surface area contributed by atoms with Crippen LogP contribution in [0.25, 0.3) is 44.3 Å². The number of hydrogen-bond donors (Lipinski definition) is 2. The van der Waals surface area contributed by atoms with Crippen molar-refractivity contribution in [1.29, 1.82) is 0 Å². The summed E-state index contributed by atoms with van der Waals surface area (Å²) in [6, 6.07) is 18.5. The van der Waals surface area contributed by atoms with Crippen LogP contribution in [0.2, 0.25) is 0 Å². The van der Waals surface area contributed by atoms with E-state index >= 15 is 0 Å². The van der Waals surface area contributed by atoms with Gasteiger partial charge in [0.15, 0.2) is 0 Å². The number of carbonyl (C=O) groups is 1. The lowest BCUT2D eigenvalue weighted by Gasteiger charge is -2.23. The molecule has 0 spiro atoms. The molecule has 2 heterocycles. The molecule has 6 rings (SSSR count). The lowest BCUT2D eigenvalue weighted by atomic mass is 9.97. The lowest BCUT2D eigenvalue weighted by Crippen LogP contribution is -2.29. The molecule has 49 heavy (non-hydrogen) atoms. The molecule has 1 amide bonds. The highest BCUT2D eigenvalue weighted by molar-refractivity contribution is 7.92. The summed E-state index contributed by atoms with van der Waals surface area (Å²) in [6.07, 6.45) is 1.21. The molecule has 2 aromatic heterocycles. The van der Waals surface area contributed by atoms with Crippen LogP contribution < -0.4 is 15.2 Å². The quantitative estimate of drug-likeness (QED) is 0.197. The van der Waals surface area contributed by atoms with Gasteiger partial charge in [0.1, 0.15) is 28.8 Å². The maximum atomic E-state index is 14.2. The maximum Gasteiger partial charge on any atom is 0.261 e. The molecule has 252 valence electrons. The Morgan fingerprint density at radius 2 is 1.61 bits per heavy atom. The van der Waals surface area contributed by atoms with Crippen molar-refractivity contribution in [3.05, 3.63) is 118 Å². The van der Waals surface area contributed by atoms with Crippen LogP contribution in [0.4, 0.5) is 14.5 Å². The second-order valence-corrected chi connectivity index (χ2v) is 13.6. The summed E-state index contributed by atoms with van der Waals surface area (Å²) in [4.78, 5) is 32.1. The number of hydrogen-bond acceptors (Lipinski definition) is 7. The summed E-state index contributed by atoms with van der Waals surface area (Å²) in [6.45, 7) is 1.43. The monoisotopic (exact) mass is 686 g/mol. The Morgan fingerprint density at radius 1 is 0.980 bits per heavy atom. The average Bonchev–Trinajstić information content (AvgIpc) is 3.45. The summed E-state index contributed by atoms with van der Waals surface area (Å²) in [5.74, 6) is -0.845. The molecule has 0 fully saturated rings. The zero-order valence-electron chi connectivity index (χ0n) is 27.0. The minimum atomic E-state index is -3.81. The van der Waals surface area contributed by atoms with Gasteiger partial charge >= 0.3 is 0 Å². The molecule has 1 unspecified atom stereocenters. The number of fused-ring (bicyclic) bond motifs is 2. The molecule has 0 aliphatic carbocycles. The summed E-state index contributed by atoms with van der Waals surface area (Å²) in [5.41, 5.74) is 2.40. The van der Waals surface area contributed by atoms with Crippen LogP contribution in [0.15, 0.2) is 88.1 Å². The number of amides is 1. The van der Waals surface area contributed by atoms with Crippen molar-refractivity contribution in [1.82, 2.24) is 14.9 Å². The summed E-state index contributed by atoms with van der Waals surface area (Å²) in [7, 11) is -0.969. The van der Waals surface area contributed by atoms with E-state index in [9.17, 15) is 31.9 Å². The van der Waals surface area contributed by atoms with Crippen LogP contribution in [0.1, 0.15) is 34.2 Å². The van der Waals surface area contributed by atoms with Gasteiger partial charge in [-0.05, 0) is 79.1 Å². The smallest absolute Gasteiger partial charge is 0.261 e. The predicted octanol–water partition coefficient (Wildman–Crippen LogP) is 5.79. The van der Waals surface area contributed by atoms with Gasteiger partial charge in [0.2, 0.25) is 10.0 Å². The molecule has 6 aromatic rings. The highest BCUT2D eigenvalue weighted by atomic mass is 32.2. The molecule has 10 nitrogen and oxygen atoms in total. The number of halogens is 2. The molecule has 0 aliphatic heterocycles. The average molecular weight is 687 g/mol. The van der Waals surface area contributed by atoms with Gasteiger partial charge in [-0.3, -0.25) is 18.5 Å². The maximum absolute atomic E-state index is 14.2. The third-order valence-corrected chi connectivity index (χ3v) is 9.75. The van der Waals surface area contributed by atoms with Crippen LogP contribution in [-0.2, 0) is 10.0 Å². The number of furan rings is 1. The molecule has 0 bridgehead atoms. The zero-order chi connectivity index (χ0) is 35.2. The van der Waals surface area contributed by atoms with E-state index in [2.05, 4.69) is 10.3 Å². The number of benzene rings is 4.